The number of anilines is 1. The largest absolute Gasteiger partial charge is 0.391 e. The molecule has 25 heavy (non-hydrogen) atoms. The maximum atomic E-state index is 12.8. The Kier molecular flexibility index (Phi) is 4.29. The van der Waals surface area contributed by atoms with Crippen LogP contribution in [0.3, 0.4) is 0 Å². The number of pyridine rings is 1. The number of hydrogen-bond acceptors (Lipinski definition) is 7. The normalized spacial score (nSPS) is 17.2. The van der Waals surface area contributed by atoms with Crippen LogP contribution < -0.4 is 5.32 Å². The van der Waals surface area contributed by atoms with E-state index in [2.05, 4.69) is 20.3 Å². The predicted molar refractivity (Wildman–Crippen MR) is 95.5 cm³/mol. The highest BCUT2D eigenvalue weighted by atomic mass is 32.1. The van der Waals surface area contributed by atoms with Gasteiger partial charge in [-0.15, -0.1) is 11.3 Å². The second-order valence-electron chi connectivity index (χ2n) is 5.90. The summed E-state index contributed by atoms with van der Waals surface area (Å²) in [7, 11) is 0. The zero-order chi connectivity index (χ0) is 17.2. The van der Waals surface area contributed by atoms with Crippen molar-refractivity contribution in [2.45, 2.75) is 19.1 Å². The number of aliphatic hydroxyl groups excluding tert-OH is 1. The Balaban J connectivity index is 1.62. The summed E-state index contributed by atoms with van der Waals surface area (Å²) in [6.45, 7) is 1.38. The SMILES string of the molecule is O=C(c1nc(NCc2ccccn2)nc2ccsc12)N1CC[C@H](O)C1. The van der Waals surface area contributed by atoms with E-state index in [-0.39, 0.29) is 5.91 Å². The molecule has 0 radical (unpaired) electrons. The minimum atomic E-state index is -0.452. The van der Waals surface area contributed by atoms with E-state index >= 15 is 0 Å². The predicted octanol–water partition coefficient (Wildman–Crippen LogP) is 1.91. The van der Waals surface area contributed by atoms with E-state index in [9.17, 15) is 9.90 Å². The lowest BCUT2D eigenvalue weighted by atomic mass is 10.3. The summed E-state index contributed by atoms with van der Waals surface area (Å²) in [6, 6.07) is 7.57. The first-order valence-corrected chi connectivity index (χ1v) is 8.95. The van der Waals surface area contributed by atoms with Gasteiger partial charge in [0.25, 0.3) is 5.91 Å². The monoisotopic (exact) mass is 355 g/mol. The van der Waals surface area contributed by atoms with Gasteiger partial charge in [-0.2, -0.15) is 0 Å². The van der Waals surface area contributed by atoms with Crippen molar-refractivity contribution in [1.29, 1.82) is 0 Å². The number of amides is 1. The third-order valence-electron chi connectivity index (χ3n) is 4.11. The van der Waals surface area contributed by atoms with E-state index in [1.54, 1.807) is 11.1 Å². The van der Waals surface area contributed by atoms with Gasteiger partial charge in [0.2, 0.25) is 5.95 Å². The number of aromatic nitrogens is 3. The Bertz CT molecular complexity index is 898. The molecule has 4 heterocycles. The molecule has 4 rings (SSSR count). The van der Waals surface area contributed by atoms with Gasteiger partial charge in [0.1, 0.15) is 0 Å². The maximum Gasteiger partial charge on any atom is 0.274 e. The summed E-state index contributed by atoms with van der Waals surface area (Å²) >= 11 is 1.45. The second kappa shape index (κ2) is 6.73. The first-order chi connectivity index (χ1) is 12.2. The van der Waals surface area contributed by atoms with Crippen molar-refractivity contribution in [3.63, 3.8) is 0 Å². The highest BCUT2D eigenvalue weighted by Gasteiger charge is 2.28. The van der Waals surface area contributed by atoms with E-state index in [0.29, 0.717) is 37.7 Å². The van der Waals surface area contributed by atoms with Crippen molar-refractivity contribution in [3.8, 4) is 0 Å². The molecule has 0 bridgehead atoms. The number of nitrogens with one attached hydrogen (secondary N) is 1. The molecule has 128 valence electrons. The van der Waals surface area contributed by atoms with Gasteiger partial charge < -0.3 is 15.3 Å². The first-order valence-electron chi connectivity index (χ1n) is 8.07. The zero-order valence-corrected chi connectivity index (χ0v) is 14.2. The lowest BCUT2D eigenvalue weighted by Gasteiger charge is -2.16. The average Bonchev–Trinajstić information content (AvgIpc) is 3.28. The molecule has 0 spiro atoms. The Morgan fingerprint density at radius 2 is 2.28 bits per heavy atom. The second-order valence-corrected chi connectivity index (χ2v) is 6.82. The number of fused-ring (bicyclic) bond motifs is 1. The molecule has 8 heteroatoms. The van der Waals surface area contributed by atoms with Crippen LogP contribution in [0.4, 0.5) is 5.95 Å². The lowest BCUT2D eigenvalue weighted by molar-refractivity contribution is 0.0761. The first kappa shape index (κ1) is 15.9. The molecule has 2 N–H and O–H groups in total. The van der Waals surface area contributed by atoms with Crippen molar-refractivity contribution in [2.75, 3.05) is 18.4 Å². The fourth-order valence-electron chi connectivity index (χ4n) is 2.84. The summed E-state index contributed by atoms with van der Waals surface area (Å²) in [5.74, 6) is 0.243. The van der Waals surface area contributed by atoms with Gasteiger partial charge in [-0.25, -0.2) is 9.97 Å². The molecule has 7 nitrogen and oxygen atoms in total. The van der Waals surface area contributed by atoms with Gasteiger partial charge in [-0.3, -0.25) is 9.78 Å². The van der Waals surface area contributed by atoms with Gasteiger partial charge in [0.15, 0.2) is 5.69 Å². The number of aliphatic hydroxyl groups is 1. The van der Waals surface area contributed by atoms with Crippen LogP contribution in [0, 0.1) is 0 Å². The van der Waals surface area contributed by atoms with E-state index in [4.69, 9.17) is 0 Å². The zero-order valence-electron chi connectivity index (χ0n) is 13.4. The van der Waals surface area contributed by atoms with Crippen molar-refractivity contribution < 1.29 is 9.90 Å². The summed E-state index contributed by atoms with van der Waals surface area (Å²) in [5, 5.41) is 14.7. The van der Waals surface area contributed by atoms with Crippen molar-refractivity contribution in [3.05, 3.63) is 47.2 Å². The number of rotatable bonds is 4. The summed E-state index contributed by atoms with van der Waals surface area (Å²) in [6.07, 6.45) is 1.88. The number of hydrogen-bond donors (Lipinski definition) is 2. The molecular weight excluding hydrogens is 338 g/mol. The molecule has 0 aliphatic carbocycles. The number of nitrogens with zero attached hydrogens (tertiary/aromatic N) is 4. The molecule has 1 amide bonds. The molecule has 0 aromatic carbocycles. The van der Waals surface area contributed by atoms with Crippen LogP contribution in [0.15, 0.2) is 35.8 Å². The number of thiophene rings is 1. The highest BCUT2D eigenvalue weighted by molar-refractivity contribution is 7.17. The number of likely N-dealkylation sites (tertiary alicyclic amines) is 1. The van der Waals surface area contributed by atoms with Crippen LogP contribution in [0.1, 0.15) is 22.6 Å². The smallest absolute Gasteiger partial charge is 0.274 e. The quantitative estimate of drug-likeness (QED) is 0.743. The summed E-state index contributed by atoms with van der Waals surface area (Å²) in [5.41, 5.74) is 2.00. The molecule has 1 saturated heterocycles. The molecule has 3 aromatic rings. The Hall–Kier alpha value is -2.58. The highest BCUT2D eigenvalue weighted by Crippen LogP contribution is 2.26. The molecule has 1 aliphatic rings. The van der Waals surface area contributed by atoms with Crippen molar-refractivity contribution in [2.24, 2.45) is 0 Å². The minimum Gasteiger partial charge on any atom is -0.391 e. The molecule has 1 atom stereocenters. The molecule has 0 unspecified atom stereocenters. The van der Waals surface area contributed by atoms with Crippen LogP contribution in [-0.2, 0) is 6.54 Å². The van der Waals surface area contributed by atoms with Gasteiger partial charge in [-0.05, 0) is 30.0 Å². The van der Waals surface area contributed by atoms with E-state index in [0.717, 1.165) is 15.9 Å². The average molecular weight is 355 g/mol. The lowest BCUT2D eigenvalue weighted by Crippen LogP contribution is -2.30. The molecule has 3 aromatic heterocycles. The van der Waals surface area contributed by atoms with E-state index in [1.807, 2.05) is 29.6 Å². The van der Waals surface area contributed by atoms with Gasteiger partial charge in [-0.1, -0.05) is 6.07 Å². The molecule has 1 fully saturated rings. The number of β-amino-alcohol motifs (C(OH)–C–C–N with tert-alkyl or cyclic N) is 1. The van der Waals surface area contributed by atoms with Crippen LogP contribution in [0.2, 0.25) is 0 Å². The minimum absolute atomic E-state index is 0.160. The maximum absolute atomic E-state index is 12.8. The molecule has 1 aliphatic heterocycles. The van der Waals surface area contributed by atoms with E-state index in [1.165, 1.54) is 11.3 Å². The number of carbonyl (C=O) groups is 1. The standard InChI is InChI=1S/C17H17N5O2S/c23-12-4-7-22(10-12)16(24)14-15-13(5-8-25-15)20-17(21-14)19-9-11-3-1-2-6-18-11/h1-3,5-6,8,12,23H,4,7,9-10H2,(H,19,20,21)/t12-/m0/s1. The Morgan fingerprint density at radius 3 is 3.04 bits per heavy atom. The fourth-order valence-corrected chi connectivity index (χ4v) is 3.65. The molecule has 0 saturated carbocycles. The Labute approximate surface area is 148 Å². The van der Waals surface area contributed by atoms with Crippen LogP contribution in [-0.4, -0.2) is 50.1 Å². The third kappa shape index (κ3) is 3.31. The van der Waals surface area contributed by atoms with Crippen LogP contribution in [0.5, 0.6) is 0 Å². The Morgan fingerprint density at radius 1 is 1.36 bits per heavy atom. The van der Waals surface area contributed by atoms with Crippen LogP contribution >= 0.6 is 11.3 Å². The summed E-state index contributed by atoms with van der Waals surface area (Å²) in [4.78, 5) is 27.6. The van der Waals surface area contributed by atoms with Crippen molar-refractivity contribution in [1.82, 2.24) is 19.9 Å². The summed E-state index contributed by atoms with van der Waals surface area (Å²) < 4.78 is 0.773. The van der Waals surface area contributed by atoms with E-state index < -0.39 is 6.10 Å². The topological polar surface area (TPSA) is 91.2 Å². The van der Waals surface area contributed by atoms with Gasteiger partial charge in [0.05, 0.1) is 28.6 Å². The van der Waals surface area contributed by atoms with Gasteiger partial charge >= 0.3 is 0 Å². The number of carbonyl (C=O) groups excluding carboxylic acids is 1. The van der Waals surface area contributed by atoms with Crippen LogP contribution in [0.25, 0.3) is 10.2 Å². The molecular formula is C17H17N5O2S. The third-order valence-corrected chi connectivity index (χ3v) is 5.02. The van der Waals surface area contributed by atoms with Gasteiger partial charge in [0, 0.05) is 19.3 Å². The fraction of sp³-hybridized carbons (Fsp3) is 0.294. The van der Waals surface area contributed by atoms with Crippen molar-refractivity contribution >= 4 is 33.4 Å².